The summed E-state index contributed by atoms with van der Waals surface area (Å²) in [6, 6.07) is 2.78. The van der Waals surface area contributed by atoms with Gasteiger partial charge in [-0.15, -0.1) is 0 Å². The summed E-state index contributed by atoms with van der Waals surface area (Å²) in [7, 11) is 2.22. The first kappa shape index (κ1) is 12.1. The van der Waals surface area contributed by atoms with E-state index in [0.717, 1.165) is 19.0 Å². The molecule has 1 aromatic heterocycles. The number of likely N-dealkylation sites (N-methyl/N-ethyl adjacent to an activating group) is 1. The zero-order valence-electron chi connectivity index (χ0n) is 10.1. The predicted molar refractivity (Wildman–Crippen MR) is 70.6 cm³/mol. The molecule has 1 aliphatic rings. The number of rotatable bonds is 5. The lowest BCUT2D eigenvalue weighted by molar-refractivity contribution is 0.174. The molecule has 2 rings (SSSR count). The van der Waals surface area contributed by atoms with E-state index in [2.05, 4.69) is 28.8 Å². The molecule has 0 bridgehead atoms. The second kappa shape index (κ2) is 5.80. The van der Waals surface area contributed by atoms with Crippen LogP contribution in [0.25, 0.3) is 0 Å². The summed E-state index contributed by atoms with van der Waals surface area (Å²) in [6.07, 6.45) is 5.53. The lowest BCUT2D eigenvalue weighted by Crippen LogP contribution is -2.42. The highest BCUT2D eigenvalue weighted by Crippen LogP contribution is 2.30. The average Bonchev–Trinajstić information content (AvgIpc) is 2.91. The molecule has 1 unspecified atom stereocenters. The van der Waals surface area contributed by atoms with E-state index in [-0.39, 0.29) is 0 Å². The van der Waals surface area contributed by atoms with Crippen LogP contribution in [0.2, 0.25) is 0 Å². The maximum Gasteiger partial charge on any atom is 0.0247 e. The fourth-order valence-corrected chi connectivity index (χ4v) is 3.52. The van der Waals surface area contributed by atoms with Gasteiger partial charge in [-0.3, -0.25) is 4.90 Å². The zero-order chi connectivity index (χ0) is 11.4. The summed E-state index contributed by atoms with van der Waals surface area (Å²) in [6.45, 7) is 1.84. The van der Waals surface area contributed by atoms with Crippen molar-refractivity contribution in [3.63, 3.8) is 0 Å². The molecule has 0 spiro atoms. The highest BCUT2D eigenvalue weighted by molar-refractivity contribution is 7.07. The minimum Gasteiger partial charge on any atom is -0.329 e. The Hall–Kier alpha value is -0.380. The Morgan fingerprint density at radius 3 is 2.81 bits per heavy atom. The fourth-order valence-electron chi connectivity index (χ4n) is 2.86. The van der Waals surface area contributed by atoms with E-state index in [0.29, 0.717) is 6.04 Å². The van der Waals surface area contributed by atoms with Gasteiger partial charge in [0.15, 0.2) is 0 Å². The summed E-state index contributed by atoms with van der Waals surface area (Å²) < 4.78 is 0. The van der Waals surface area contributed by atoms with Gasteiger partial charge in [-0.1, -0.05) is 12.8 Å². The van der Waals surface area contributed by atoms with E-state index in [4.69, 9.17) is 5.73 Å². The Labute approximate surface area is 102 Å². The predicted octanol–water partition coefficient (Wildman–Crippen LogP) is 2.70. The second-order valence-corrected chi connectivity index (χ2v) is 5.67. The minimum atomic E-state index is 0.572. The van der Waals surface area contributed by atoms with Crippen molar-refractivity contribution in [3.8, 4) is 0 Å². The van der Waals surface area contributed by atoms with E-state index in [1.54, 1.807) is 11.3 Å². The summed E-state index contributed by atoms with van der Waals surface area (Å²) in [5.41, 5.74) is 7.36. The summed E-state index contributed by atoms with van der Waals surface area (Å²) in [5, 5.41) is 4.38. The van der Waals surface area contributed by atoms with Gasteiger partial charge in [0.1, 0.15) is 0 Å². The first-order valence-corrected chi connectivity index (χ1v) is 7.17. The molecule has 1 heterocycles. The molecule has 1 saturated carbocycles. The number of thiophene rings is 1. The quantitative estimate of drug-likeness (QED) is 0.854. The molecular weight excluding hydrogens is 216 g/mol. The van der Waals surface area contributed by atoms with Gasteiger partial charge >= 0.3 is 0 Å². The Morgan fingerprint density at radius 1 is 1.50 bits per heavy atom. The van der Waals surface area contributed by atoms with Crippen molar-refractivity contribution < 1.29 is 0 Å². The first-order valence-electron chi connectivity index (χ1n) is 6.22. The van der Waals surface area contributed by atoms with E-state index in [9.17, 15) is 0 Å². The molecule has 90 valence electrons. The Bertz CT molecular complexity index is 291. The van der Waals surface area contributed by atoms with Gasteiger partial charge in [-0.25, -0.2) is 0 Å². The fraction of sp³-hybridized carbons (Fsp3) is 0.692. The standard InChI is InChI=1S/C13H22N2S/c1-15(9-11-6-7-16-10-11)13(8-14)12-4-2-3-5-12/h6-7,10,12-13H,2-5,8-9,14H2,1H3. The van der Waals surface area contributed by atoms with Crippen molar-refractivity contribution in [2.45, 2.75) is 38.3 Å². The van der Waals surface area contributed by atoms with E-state index in [1.807, 2.05) is 0 Å². The number of hydrogen-bond acceptors (Lipinski definition) is 3. The molecule has 2 N–H and O–H groups in total. The molecule has 16 heavy (non-hydrogen) atoms. The van der Waals surface area contributed by atoms with Crippen LogP contribution in [-0.4, -0.2) is 24.5 Å². The van der Waals surface area contributed by atoms with Crippen LogP contribution in [-0.2, 0) is 6.54 Å². The third-order valence-electron chi connectivity index (χ3n) is 3.76. The Kier molecular flexibility index (Phi) is 4.38. The topological polar surface area (TPSA) is 29.3 Å². The average molecular weight is 238 g/mol. The molecule has 3 heteroatoms. The highest BCUT2D eigenvalue weighted by atomic mass is 32.1. The minimum absolute atomic E-state index is 0.572. The van der Waals surface area contributed by atoms with Crippen molar-refractivity contribution in [1.82, 2.24) is 4.90 Å². The lowest BCUT2D eigenvalue weighted by Gasteiger charge is -2.31. The number of nitrogens with zero attached hydrogens (tertiary/aromatic N) is 1. The van der Waals surface area contributed by atoms with Crippen LogP contribution >= 0.6 is 11.3 Å². The van der Waals surface area contributed by atoms with E-state index >= 15 is 0 Å². The molecule has 1 atom stereocenters. The molecule has 0 amide bonds. The lowest BCUT2D eigenvalue weighted by atomic mass is 9.97. The van der Waals surface area contributed by atoms with Gasteiger partial charge in [0.25, 0.3) is 0 Å². The van der Waals surface area contributed by atoms with Crippen LogP contribution in [0, 0.1) is 5.92 Å². The van der Waals surface area contributed by atoms with Gasteiger partial charge in [0.05, 0.1) is 0 Å². The van der Waals surface area contributed by atoms with Crippen molar-refractivity contribution in [3.05, 3.63) is 22.4 Å². The van der Waals surface area contributed by atoms with E-state index < -0.39 is 0 Å². The van der Waals surface area contributed by atoms with Gasteiger partial charge in [-0.2, -0.15) is 11.3 Å². The molecule has 1 aromatic rings. The maximum atomic E-state index is 5.94. The van der Waals surface area contributed by atoms with Gasteiger partial charge in [0, 0.05) is 19.1 Å². The molecule has 1 fully saturated rings. The van der Waals surface area contributed by atoms with Crippen LogP contribution in [0.15, 0.2) is 16.8 Å². The normalized spacial score (nSPS) is 19.4. The molecule has 0 radical (unpaired) electrons. The van der Waals surface area contributed by atoms with Crippen LogP contribution < -0.4 is 5.73 Å². The van der Waals surface area contributed by atoms with Crippen molar-refractivity contribution >= 4 is 11.3 Å². The van der Waals surface area contributed by atoms with E-state index in [1.165, 1.54) is 31.2 Å². The highest BCUT2D eigenvalue weighted by Gasteiger charge is 2.26. The maximum absolute atomic E-state index is 5.94. The first-order chi connectivity index (χ1) is 7.81. The third-order valence-corrected chi connectivity index (χ3v) is 4.50. The molecule has 0 saturated heterocycles. The monoisotopic (exact) mass is 238 g/mol. The van der Waals surface area contributed by atoms with Gasteiger partial charge in [-0.05, 0) is 48.2 Å². The summed E-state index contributed by atoms with van der Waals surface area (Å²) in [4.78, 5) is 2.44. The third kappa shape index (κ3) is 2.84. The number of nitrogens with two attached hydrogens (primary N) is 1. The summed E-state index contributed by atoms with van der Waals surface area (Å²) in [5.74, 6) is 0.827. The molecular formula is C13H22N2S. The second-order valence-electron chi connectivity index (χ2n) is 4.89. The van der Waals surface area contributed by atoms with Gasteiger partial charge in [0.2, 0.25) is 0 Å². The largest absolute Gasteiger partial charge is 0.329 e. The zero-order valence-corrected chi connectivity index (χ0v) is 10.9. The Morgan fingerprint density at radius 2 is 2.25 bits per heavy atom. The molecule has 1 aliphatic carbocycles. The molecule has 0 aromatic carbocycles. The van der Waals surface area contributed by atoms with Crippen molar-refractivity contribution in [2.75, 3.05) is 13.6 Å². The SMILES string of the molecule is CN(Cc1ccsc1)C(CN)C1CCCC1. The van der Waals surface area contributed by atoms with Crippen molar-refractivity contribution in [1.29, 1.82) is 0 Å². The number of hydrogen-bond donors (Lipinski definition) is 1. The van der Waals surface area contributed by atoms with Crippen molar-refractivity contribution in [2.24, 2.45) is 11.7 Å². The molecule has 2 nitrogen and oxygen atoms in total. The van der Waals surface area contributed by atoms with Crippen LogP contribution in [0.5, 0.6) is 0 Å². The van der Waals surface area contributed by atoms with Crippen LogP contribution in [0.4, 0.5) is 0 Å². The van der Waals surface area contributed by atoms with Gasteiger partial charge < -0.3 is 5.73 Å². The van der Waals surface area contributed by atoms with Crippen LogP contribution in [0.3, 0.4) is 0 Å². The molecule has 0 aliphatic heterocycles. The summed E-state index contributed by atoms with van der Waals surface area (Å²) >= 11 is 1.78. The van der Waals surface area contributed by atoms with Crippen LogP contribution in [0.1, 0.15) is 31.2 Å². The smallest absolute Gasteiger partial charge is 0.0247 e. The Balaban J connectivity index is 1.92.